The van der Waals surface area contributed by atoms with E-state index in [2.05, 4.69) is 36.8 Å². The number of aromatic amines is 1. The average Bonchev–Trinajstić information content (AvgIpc) is 3.83. The number of ether oxygens (including phenoxy) is 2. The third-order valence-corrected chi connectivity index (χ3v) is 14.1. The fourth-order valence-electron chi connectivity index (χ4n) is 10.0. The lowest BCUT2D eigenvalue weighted by Gasteiger charge is -2.61. The number of imide groups is 2. The van der Waals surface area contributed by atoms with Crippen LogP contribution in [-0.4, -0.2) is 129 Å². The first-order valence-electron chi connectivity index (χ1n) is 22.1. The lowest BCUT2D eigenvalue weighted by molar-refractivity contribution is -0.152. The molecular formula is C47H43Cl2N11O8. The number of carbonyl (C=O) groups excluding carboxylic acids is 6. The van der Waals surface area contributed by atoms with Crippen LogP contribution in [-0.2, 0) is 19.2 Å². The Hall–Kier alpha value is -7.30. The summed E-state index contributed by atoms with van der Waals surface area (Å²) in [7, 11) is 1.54. The molecule has 4 saturated heterocycles. The van der Waals surface area contributed by atoms with Crippen molar-refractivity contribution < 1.29 is 38.2 Å². The molecule has 8 heterocycles. The number of hydrogen-bond donors (Lipinski definition) is 3. The van der Waals surface area contributed by atoms with Crippen molar-refractivity contribution in [3.8, 4) is 28.8 Å². The molecular weight excluding hydrogens is 917 g/mol. The minimum absolute atomic E-state index is 0.0252. The molecule has 5 aromatic rings. The second kappa shape index (κ2) is 17.4. The molecule has 0 radical (unpaired) electrons. The molecule has 68 heavy (non-hydrogen) atoms. The Morgan fingerprint density at radius 3 is 2.38 bits per heavy atom. The van der Waals surface area contributed by atoms with Gasteiger partial charge in [0.2, 0.25) is 23.6 Å². The van der Waals surface area contributed by atoms with Crippen molar-refractivity contribution >= 4 is 81.1 Å². The van der Waals surface area contributed by atoms with E-state index in [0.717, 1.165) is 10.3 Å². The number of pyridine rings is 2. The number of nitriles is 1. The van der Waals surface area contributed by atoms with Crippen LogP contribution in [0.5, 0.6) is 11.5 Å². The van der Waals surface area contributed by atoms with Crippen LogP contribution in [0.3, 0.4) is 0 Å². The monoisotopic (exact) mass is 959 g/mol. The molecule has 1 spiro atoms. The summed E-state index contributed by atoms with van der Waals surface area (Å²) in [5.41, 5.74) is 3.54. The zero-order chi connectivity index (χ0) is 47.6. The van der Waals surface area contributed by atoms with Crippen LogP contribution in [0, 0.1) is 22.7 Å². The highest BCUT2D eigenvalue weighted by atomic mass is 35.5. The zero-order valence-corrected chi connectivity index (χ0v) is 38.3. The Balaban J connectivity index is 0.707. The molecule has 19 nitrogen and oxygen atoms in total. The SMILES string of the molecule is COc1cc2[nH]nc(-c3cnc(N4CC5(CN(C(=O)C6CCN(C(=O)CNc7ccc8c(c7)C(=O)N(C7CCC(=O)NC7=O)C8=O)CC6)C5)C4)c(C#N)c3)c2cc1O[C@H](C)c1c(Cl)cncc1Cl. The molecule has 1 unspecified atom stereocenters. The number of benzene rings is 2. The number of aromatic nitrogens is 4. The van der Waals surface area contributed by atoms with E-state index in [-0.39, 0.29) is 53.7 Å². The van der Waals surface area contributed by atoms with E-state index in [9.17, 15) is 34.0 Å². The van der Waals surface area contributed by atoms with E-state index in [0.29, 0.717) is 113 Å². The number of nitrogens with zero attached hydrogens (tertiary/aromatic N) is 8. The topological polar surface area (TPSA) is 236 Å². The summed E-state index contributed by atoms with van der Waals surface area (Å²) in [6, 6.07) is 11.2. The van der Waals surface area contributed by atoms with Gasteiger partial charge in [0.25, 0.3) is 11.8 Å². The number of carbonyl (C=O) groups is 6. The zero-order valence-electron chi connectivity index (χ0n) is 36.8. The summed E-state index contributed by atoms with van der Waals surface area (Å²) < 4.78 is 12.0. The standard InChI is InChI=1S/C47H43Cl2N11O8/c1-24(40-32(48)17-51-18-33(40)49)68-37-13-31-34(14-36(37)67-2)55-56-41(31)27-11-26(15-50)42(53-16-27)58-20-47(21-58)22-59(23-47)44(64)25-7-9-57(10-8-25)39(62)19-52-28-3-4-29-30(12-28)46(66)60(45(29)65)35-5-6-38(61)54-43(35)63/h3-4,11-14,16-18,24-25,35,52H,5-10,19-23H2,1-2H3,(H,55,56)(H,54,61,63)/t24-,35?/m1/s1. The first kappa shape index (κ1) is 44.5. The number of nitrogens with one attached hydrogen (secondary N) is 3. The van der Waals surface area contributed by atoms with Gasteiger partial charge in [-0.1, -0.05) is 23.2 Å². The third-order valence-electron chi connectivity index (χ3n) is 13.5. The number of anilines is 2. The predicted molar refractivity (Wildman–Crippen MR) is 246 cm³/mol. The van der Waals surface area contributed by atoms with Crippen molar-refractivity contribution in [1.29, 1.82) is 5.26 Å². The number of piperidine rings is 2. The molecule has 10 rings (SSSR count). The Morgan fingerprint density at radius 2 is 1.68 bits per heavy atom. The number of H-pyrrole nitrogens is 1. The summed E-state index contributed by atoms with van der Waals surface area (Å²) in [6.07, 6.45) is 5.32. The van der Waals surface area contributed by atoms with E-state index >= 15 is 0 Å². The molecule has 2 atom stereocenters. The molecule has 5 aliphatic heterocycles. The summed E-state index contributed by atoms with van der Waals surface area (Å²) in [6.45, 7) is 5.14. The van der Waals surface area contributed by atoms with Gasteiger partial charge in [0.1, 0.15) is 29.7 Å². The van der Waals surface area contributed by atoms with Gasteiger partial charge in [-0.25, -0.2) is 4.98 Å². The van der Waals surface area contributed by atoms with Gasteiger partial charge in [0, 0.05) is 104 Å². The molecule has 0 saturated carbocycles. The number of halogens is 2. The number of likely N-dealkylation sites (tertiary alicyclic amines) is 2. The van der Waals surface area contributed by atoms with Crippen molar-refractivity contribution in [1.82, 2.24) is 40.2 Å². The van der Waals surface area contributed by atoms with Crippen molar-refractivity contribution in [2.45, 2.75) is 44.8 Å². The molecule has 5 aliphatic rings. The highest BCUT2D eigenvalue weighted by Gasteiger charge is 2.54. The maximum absolute atomic E-state index is 13.6. The van der Waals surface area contributed by atoms with Crippen LogP contribution in [0.25, 0.3) is 22.2 Å². The van der Waals surface area contributed by atoms with Gasteiger partial charge in [0.15, 0.2) is 11.5 Å². The number of amides is 6. The summed E-state index contributed by atoms with van der Waals surface area (Å²) in [4.78, 5) is 92.4. The number of methoxy groups -OCH3 is 1. The highest BCUT2D eigenvalue weighted by Crippen LogP contribution is 2.45. The molecule has 348 valence electrons. The van der Waals surface area contributed by atoms with Gasteiger partial charge in [-0.3, -0.25) is 49.1 Å². The number of rotatable bonds is 11. The first-order chi connectivity index (χ1) is 32.7. The molecule has 21 heteroatoms. The highest BCUT2D eigenvalue weighted by molar-refractivity contribution is 6.35. The van der Waals surface area contributed by atoms with Crippen molar-refractivity contribution in [3.05, 3.63) is 87.3 Å². The van der Waals surface area contributed by atoms with Crippen LogP contribution in [0.4, 0.5) is 11.5 Å². The van der Waals surface area contributed by atoms with Gasteiger partial charge in [-0.05, 0) is 56.5 Å². The van der Waals surface area contributed by atoms with E-state index in [1.807, 2.05) is 17.9 Å². The van der Waals surface area contributed by atoms with Gasteiger partial charge in [-0.2, -0.15) is 10.4 Å². The van der Waals surface area contributed by atoms with Crippen LogP contribution in [0.1, 0.15) is 70.6 Å². The summed E-state index contributed by atoms with van der Waals surface area (Å²) in [5, 5.41) is 24.6. The van der Waals surface area contributed by atoms with E-state index < -0.39 is 35.8 Å². The number of fused-ring (bicyclic) bond motifs is 2. The van der Waals surface area contributed by atoms with E-state index in [1.165, 1.54) is 24.5 Å². The van der Waals surface area contributed by atoms with Gasteiger partial charge < -0.3 is 29.5 Å². The fourth-order valence-corrected chi connectivity index (χ4v) is 10.7. The third kappa shape index (κ3) is 7.86. The lowest BCUT2D eigenvalue weighted by atomic mass is 9.72. The maximum Gasteiger partial charge on any atom is 0.262 e. The van der Waals surface area contributed by atoms with Crippen molar-refractivity contribution in [3.63, 3.8) is 0 Å². The number of hydrogen-bond acceptors (Lipinski definition) is 14. The van der Waals surface area contributed by atoms with Gasteiger partial charge in [-0.15, -0.1) is 0 Å². The molecule has 6 amide bonds. The second-order valence-corrected chi connectivity index (χ2v) is 18.7. The second-order valence-electron chi connectivity index (χ2n) is 17.9. The summed E-state index contributed by atoms with van der Waals surface area (Å²) >= 11 is 12.8. The largest absolute Gasteiger partial charge is 0.493 e. The predicted octanol–water partition coefficient (Wildman–Crippen LogP) is 4.75. The van der Waals surface area contributed by atoms with Crippen LogP contribution in [0.2, 0.25) is 10.0 Å². The smallest absolute Gasteiger partial charge is 0.262 e. The quantitative estimate of drug-likeness (QED) is 0.152. The summed E-state index contributed by atoms with van der Waals surface area (Å²) in [5.74, 6) is -1.17. The molecule has 3 aromatic heterocycles. The average molecular weight is 961 g/mol. The van der Waals surface area contributed by atoms with Gasteiger partial charge in [0.05, 0.1) is 45.9 Å². The van der Waals surface area contributed by atoms with Crippen molar-refractivity contribution in [2.75, 3.05) is 63.1 Å². The minimum Gasteiger partial charge on any atom is -0.493 e. The minimum atomic E-state index is -1.07. The normalized spacial score (nSPS) is 19.3. The Bertz CT molecular complexity index is 2990. The first-order valence-corrected chi connectivity index (χ1v) is 22.8. The van der Waals surface area contributed by atoms with E-state index in [4.69, 9.17) is 37.7 Å². The Kier molecular flexibility index (Phi) is 11.4. The van der Waals surface area contributed by atoms with Crippen LogP contribution in [0.15, 0.2) is 55.0 Å². The van der Waals surface area contributed by atoms with Crippen LogP contribution < -0.4 is 25.0 Å². The van der Waals surface area contributed by atoms with Crippen LogP contribution >= 0.6 is 23.2 Å². The molecule has 2 aromatic carbocycles. The van der Waals surface area contributed by atoms with E-state index in [1.54, 1.807) is 36.4 Å². The van der Waals surface area contributed by atoms with Gasteiger partial charge >= 0.3 is 0 Å². The Morgan fingerprint density at radius 1 is 0.941 bits per heavy atom. The van der Waals surface area contributed by atoms with Crippen molar-refractivity contribution in [2.24, 2.45) is 11.3 Å². The molecule has 0 bridgehead atoms. The molecule has 3 N–H and O–H groups in total. The molecule has 0 aliphatic carbocycles. The fraction of sp³-hybridized carbons (Fsp3) is 0.362. The molecule has 4 fully saturated rings. The maximum atomic E-state index is 13.6. The Labute approximate surface area is 398 Å². The lowest BCUT2D eigenvalue weighted by Crippen LogP contribution is -2.73.